The van der Waals surface area contributed by atoms with Crippen LogP contribution >= 0.6 is 34.8 Å². The predicted octanol–water partition coefficient (Wildman–Crippen LogP) is 5.15. The summed E-state index contributed by atoms with van der Waals surface area (Å²) < 4.78 is 6.94. The summed E-state index contributed by atoms with van der Waals surface area (Å²) in [6, 6.07) is 7.80. The van der Waals surface area contributed by atoms with Crippen LogP contribution in [0.1, 0.15) is 48.5 Å². The molecule has 1 saturated carbocycles. The van der Waals surface area contributed by atoms with Crippen molar-refractivity contribution in [3.05, 3.63) is 35.4 Å². The maximum Gasteiger partial charge on any atom is 0.165 e. The topological polar surface area (TPSA) is 65.2 Å². The number of hydrogen-bond acceptors (Lipinski definition) is 5. The van der Waals surface area contributed by atoms with Gasteiger partial charge in [-0.15, -0.1) is 0 Å². The fraction of sp³-hybridized carbons (Fsp3) is 0.450. The monoisotopic (exact) mass is 484 g/mol. The van der Waals surface area contributed by atoms with E-state index < -0.39 is 0 Å². The van der Waals surface area contributed by atoms with Gasteiger partial charge in [-0.2, -0.15) is 0 Å². The second kappa shape index (κ2) is 10.3. The third kappa shape index (κ3) is 5.20. The highest BCUT2D eigenvalue weighted by Gasteiger charge is 2.27. The van der Waals surface area contributed by atoms with E-state index in [1.807, 2.05) is 40.8 Å². The van der Waals surface area contributed by atoms with Crippen molar-refractivity contribution in [3.8, 4) is 0 Å². The maximum absolute atomic E-state index is 12.8. The van der Waals surface area contributed by atoms with Crippen molar-refractivity contribution in [2.45, 2.75) is 45.1 Å². The first-order valence-electron chi connectivity index (χ1n) is 8.84. The van der Waals surface area contributed by atoms with Crippen LogP contribution in [0.15, 0.2) is 24.3 Å². The Labute approximate surface area is 174 Å². The largest absolute Gasteiger partial charge is 0.383 e. The Morgan fingerprint density at radius 1 is 1.35 bits per heavy atom. The quantitative estimate of drug-likeness (QED) is 0.282. The van der Waals surface area contributed by atoms with Crippen LogP contribution in [0.25, 0.3) is 10.9 Å². The molecule has 1 aromatic carbocycles. The normalized spacial score (nSPS) is 19.5. The molecule has 0 spiro atoms. The van der Waals surface area contributed by atoms with Crippen molar-refractivity contribution in [3.63, 3.8) is 0 Å². The van der Waals surface area contributed by atoms with Gasteiger partial charge in [0.05, 0.1) is 11.6 Å². The van der Waals surface area contributed by atoms with Crippen LogP contribution in [0.5, 0.6) is 0 Å². The van der Waals surface area contributed by atoms with Crippen molar-refractivity contribution in [2.75, 3.05) is 12.8 Å². The molecule has 0 radical (unpaired) electrons. The molecule has 0 unspecified atom stereocenters. The van der Waals surface area contributed by atoms with Gasteiger partial charge in [0.1, 0.15) is 5.82 Å². The number of ether oxygens (including phenoxy) is 1. The molecule has 0 aliphatic heterocycles. The number of aryl methyl sites for hydroxylation is 1. The van der Waals surface area contributed by atoms with Crippen molar-refractivity contribution >= 4 is 60.7 Å². The van der Waals surface area contributed by atoms with Gasteiger partial charge in [0.25, 0.3) is 0 Å². The number of fused-ring (bicyclic) bond motifs is 1. The van der Waals surface area contributed by atoms with Gasteiger partial charge in [-0.1, -0.05) is 19.1 Å². The minimum Gasteiger partial charge on any atom is -0.383 e. The summed E-state index contributed by atoms with van der Waals surface area (Å²) in [6.07, 6.45) is 4.92. The Balaban J connectivity index is 0.000000758. The second-order valence-electron chi connectivity index (χ2n) is 6.46. The van der Waals surface area contributed by atoms with Crippen LogP contribution in [-0.4, -0.2) is 27.4 Å². The van der Waals surface area contributed by atoms with Gasteiger partial charge in [0, 0.05) is 27.4 Å². The molecule has 0 saturated heterocycles. The van der Waals surface area contributed by atoms with Crippen LogP contribution in [0.3, 0.4) is 0 Å². The van der Waals surface area contributed by atoms with Crippen molar-refractivity contribution in [1.29, 1.82) is 0 Å². The number of carbonyl (C=O) groups is 1. The number of nitrogen functional groups attached to an aromatic ring is 1. The third-order valence-electron chi connectivity index (χ3n) is 4.97. The molecular weight excluding hydrogens is 459 g/mol. The molecule has 26 heavy (non-hydrogen) atoms. The highest BCUT2D eigenvalue weighted by Crippen LogP contribution is 2.29. The first-order valence-corrected chi connectivity index (χ1v) is 10.6. The van der Waals surface area contributed by atoms with E-state index in [0.717, 1.165) is 54.1 Å². The van der Waals surface area contributed by atoms with Gasteiger partial charge in [0.2, 0.25) is 0 Å². The van der Waals surface area contributed by atoms with Gasteiger partial charge in [-0.25, -0.2) is 4.98 Å². The number of pyridine rings is 1. The summed E-state index contributed by atoms with van der Waals surface area (Å²) in [7, 11) is 1.75. The molecule has 2 N–H and O–H groups in total. The Morgan fingerprint density at radius 3 is 2.58 bits per heavy atom. The molecule has 1 aromatic heterocycles. The Morgan fingerprint density at radius 2 is 2.00 bits per heavy atom. The van der Waals surface area contributed by atoms with Gasteiger partial charge >= 0.3 is 0 Å². The van der Waals surface area contributed by atoms with E-state index in [2.05, 4.69) is 30.2 Å². The summed E-state index contributed by atoms with van der Waals surface area (Å²) >= 11 is 6.23. The average Bonchev–Trinajstić information content (AvgIpc) is 2.67. The second-order valence-corrected chi connectivity index (χ2v) is 8.16. The fourth-order valence-electron chi connectivity index (χ4n) is 3.47. The molecule has 1 fully saturated rings. The zero-order valence-electron chi connectivity index (χ0n) is 15.2. The molecule has 1 heterocycles. The lowest BCUT2D eigenvalue weighted by atomic mass is 9.82. The number of hydrogen-bond donors (Lipinski definition) is 1. The van der Waals surface area contributed by atoms with Crippen LogP contribution in [0, 0.1) is 5.92 Å². The smallest absolute Gasteiger partial charge is 0.165 e. The molecule has 140 valence electrons. The van der Waals surface area contributed by atoms with Gasteiger partial charge in [-0.05, 0) is 84.5 Å². The maximum atomic E-state index is 12.8. The number of nitrogens with two attached hydrogens (primary N) is 1. The summed E-state index contributed by atoms with van der Waals surface area (Å²) in [6.45, 7) is 2.06. The van der Waals surface area contributed by atoms with Gasteiger partial charge in [0.15, 0.2) is 5.78 Å². The number of carbonyl (C=O) groups excluding carboxylic acids is 1. The number of nitrogens with zero attached hydrogens (tertiary/aromatic N) is 1. The first-order chi connectivity index (χ1) is 12.5. The lowest BCUT2D eigenvalue weighted by molar-refractivity contribution is 0.0519. The number of benzene rings is 1. The van der Waals surface area contributed by atoms with E-state index >= 15 is 0 Å². The first kappa shape index (κ1) is 21.2. The van der Waals surface area contributed by atoms with Crippen LogP contribution < -0.4 is 5.73 Å². The standard InChI is InChI=1S/C19H24N2O2.CHIS/c1-3-12-10-15-11-14(6-9-17(15)21-19(12)20)18(22)13-4-7-16(23-2)8-5-13;2-1-3/h6,9-11,13,16H,3-5,7-8H2,1-2H3,(H2,20,21);1H. The van der Waals surface area contributed by atoms with Crippen LogP contribution in [0.2, 0.25) is 0 Å². The van der Waals surface area contributed by atoms with Crippen LogP contribution in [-0.2, 0) is 11.2 Å². The number of aromatic nitrogens is 1. The molecule has 1 aliphatic rings. The number of halogens is 1. The van der Waals surface area contributed by atoms with E-state index in [9.17, 15) is 4.79 Å². The number of ketones is 1. The lowest BCUT2D eigenvalue weighted by Gasteiger charge is -2.26. The average molecular weight is 484 g/mol. The minimum atomic E-state index is 0.117. The molecule has 4 nitrogen and oxygen atoms in total. The van der Waals surface area contributed by atoms with Crippen molar-refractivity contribution in [2.24, 2.45) is 5.92 Å². The van der Waals surface area contributed by atoms with Crippen LogP contribution in [0.4, 0.5) is 5.82 Å². The zero-order chi connectivity index (χ0) is 19.1. The number of rotatable bonds is 4. The highest BCUT2D eigenvalue weighted by atomic mass is 127. The third-order valence-corrected chi connectivity index (χ3v) is 4.97. The molecule has 0 amide bonds. The van der Waals surface area contributed by atoms with Crippen molar-refractivity contribution < 1.29 is 9.53 Å². The summed E-state index contributed by atoms with van der Waals surface area (Å²) in [5.41, 5.74) is 8.61. The number of anilines is 1. The number of thiocarbonyl (C=S) groups is 1. The lowest BCUT2D eigenvalue weighted by Crippen LogP contribution is -2.25. The zero-order valence-corrected chi connectivity index (χ0v) is 18.2. The predicted molar refractivity (Wildman–Crippen MR) is 120 cm³/mol. The summed E-state index contributed by atoms with van der Waals surface area (Å²) in [4.78, 5) is 17.2. The number of Topliss-reactive ketones (excluding diaryl/α,β-unsaturated/α-hetero) is 1. The minimum absolute atomic E-state index is 0.117. The summed E-state index contributed by atoms with van der Waals surface area (Å²) in [5.74, 6) is 0.944. The molecule has 0 atom stereocenters. The van der Waals surface area contributed by atoms with Gasteiger partial charge in [-0.3, -0.25) is 4.79 Å². The molecule has 6 heteroatoms. The molecular formula is C20H25IN2O2S. The Bertz CT molecular complexity index is 774. The highest BCUT2D eigenvalue weighted by molar-refractivity contribution is 14.1. The van der Waals surface area contributed by atoms with Crippen molar-refractivity contribution in [1.82, 2.24) is 4.98 Å². The molecule has 3 rings (SSSR count). The molecule has 0 bridgehead atoms. The van der Waals surface area contributed by atoms with E-state index in [1.54, 1.807) is 10.5 Å². The SMILES string of the molecule is CCc1cc2cc(C(=O)C3CCC(OC)CC3)ccc2nc1N.S=CI. The van der Waals surface area contributed by atoms with E-state index in [-0.39, 0.29) is 11.7 Å². The fourth-order valence-corrected chi connectivity index (χ4v) is 3.47. The number of methoxy groups -OCH3 is 1. The van der Waals surface area contributed by atoms with E-state index in [0.29, 0.717) is 11.9 Å². The summed E-state index contributed by atoms with van der Waals surface area (Å²) in [5, 5.41) is 0.993. The Hall–Kier alpha value is -1.12. The van der Waals surface area contributed by atoms with E-state index in [1.165, 1.54) is 0 Å². The molecule has 2 aromatic rings. The van der Waals surface area contributed by atoms with E-state index in [4.69, 9.17) is 10.5 Å². The molecule has 1 aliphatic carbocycles. The van der Waals surface area contributed by atoms with Gasteiger partial charge < -0.3 is 10.5 Å². The Kier molecular flexibility index (Phi) is 8.37.